The van der Waals surface area contributed by atoms with Gasteiger partial charge in [0.05, 0.1) is 10.9 Å². The highest BCUT2D eigenvalue weighted by molar-refractivity contribution is 6.05. The summed E-state index contributed by atoms with van der Waals surface area (Å²) in [5.74, 6) is -0.250. The van der Waals surface area contributed by atoms with Gasteiger partial charge in [0.15, 0.2) is 5.65 Å². The van der Waals surface area contributed by atoms with E-state index in [-0.39, 0.29) is 36.3 Å². The molecule has 0 atom stereocenters. The van der Waals surface area contributed by atoms with Crippen molar-refractivity contribution in [3.8, 4) is 0 Å². The fraction of sp³-hybridized carbons (Fsp3) is 0.500. The summed E-state index contributed by atoms with van der Waals surface area (Å²) in [5, 5.41) is 8.99. The zero-order chi connectivity index (χ0) is 15.4. The number of aryl methyl sites for hydroxylation is 2. The zero-order valence-electron chi connectivity index (χ0n) is 13.4. The molecule has 0 unspecified atom stereocenters. The maximum atomic E-state index is 12.3. The van der Waals surface area contributed by atoms with Crippen LogP contribution in [0.2, 0.25) is 0 Å². The molecular formula is C14H23Cl2N5O2. The lowest BCUT2D eigenvalue weighted by atomic mass is 10.1. The fourth-order valence-corrected chi connectivity index (χ4v) is 2.22. The Balaban J connectivity index is 0.00000242. The minimum Gasteiger partial charge on any atom is -0.351 e. The first-order valence-electron chi connectivity index (χ1n) is 7.10. The molecule has 2 aromatic heterocycles. The number of nitrogens with one attached hydrogen (secondary N) is 3. The minimum absolute atomic E-state index is 0. The Morgan fingerprint density at radius 3 is 2.65 bits per heavy atom. The van der Waals surface area contributed by atoms with Crippen molar-refractivity contribution in [1.82, 2.24) is 25.4 Å². The number of fused-ring (bicyclic) bond motifs is 1. The number of carbonyl (C=O) groups is 1. The van der Waals surface area contributed by atoms with E-state index in [2.05, 4.69) is 27.6 Å². The standard InChI is InChI=1S/C14H21N5O2.2ClH/c1-4-5-15-6-7-16-13(20)10-8-9(2)17-12-11(10)14(21)18-19(12)3;;/h8,15H,4-7H2,1-3H3,(H,16,20)(H,18,21);2*1H. The van der Waals surface area contributed by atoms with Crippen LogP contribution in [0.25, 0.3) is 11.0 Å². The summed E-state index contributed by atoms with van der Waals surface area (Å²) >= 11 is 0. The van der Waals surface area contributed by atoms with E-state index in [0.29, 0.717) is 35.4 Å². The molecule has 23 heavy (non-hydrogen) atoms. The van der Waals surface area contributed by atoms with Gasteiger partial charge in [-0.05, 0) is 26.0 Å². The number of hydrogen-bond acceptors (Lipinski definition) is 4. The summed E-state index contributed by atoms with van der Waals surface area (Å²) < 4.78 is 1.53. The molecule has 0 saturated heterocycles. The van der Waals surface area contributed by atoms with Gasteiger partial charge in [0, 0.05) is 25.8 Å². The fourth-order valence-electron chi connectivity index (χ4n) is 2.22. The first-order valence-corrected chi connectivity index (χ1v) is 7.10. The van der Waals surface area contributed by atoms with Crippen LogP contribution in [0.4, 0.5) is 0 Å². The Labute approximate surface area is 147 Å². The SMILES string of the molecule is CCCNCCNC(=O)c1cc(C)nc2c1c(=O)[nH]n2C.Cl.Cl. The molecular weight excluding hydrogens is 341 g/mol. The van der Waals surface area contributed by atoms with Crippen LogP contribution in [0.3, 0.4) is 0 Å². The lowest BCUT2D eigenvalue weighted by molar-refractivity contribution is 0.0955. The van der Waals surface area contributed by atoms with Crippen molar-refractivity contribution in [3.63, 3.8) is 0 Å². The van der Waals surface area contributed by atoms with Crippen molar-refractivity contribution in [2.24, 2.45) is 7.05 Å². The molecule has 0 aliphatic carbocycles. The van der Waals surface area contributed by atoms with Gasteiger partial charge in [0.2, 0.25) is 0 Å². The summed E-state index contributed by atoms with van der Waals surface area (Å²) in [7, 11) is 1.70. The van der Waals surface area contributed by atoms with Crippen molar-refractivity contribution in [2.75, 3.05) is 19.6 Å². The Bertz CT molecular complexity index is 711. The Morgan fingerprint density at radius 1 is 1.30 bits per heavy atom. The van der Waals surface area contributed by atoms with E-state index in [9.17, 15) is 9.59 Å². The molecule has 0 bridgehead atoms. The summed E-state index contributed by atoms with van der Waals surface area (Å²) in [6.07, 6.45) is 1.05. The van der Waals surface area contributed by atoms with Crippen LogP contribution in [0.15, 0.2) is 10.9 Å². The van der Waals surface area contributed by atoms with Gasteiger partial charge in [-0.25, -0.2) is 4.98 Å². The van der Waals surface area contributed by atoms with E-state index in [1.165, 1.54) is 4.68 Å². The van der Waals surface area contributed by atoms with E-state index in [0.717, 1.165) is 13.0 Å². The smallest absolute Gasteiger partial charge is 0.274 e. The van der Waals surface area contributed by atoms with Gasteiger partial charge in [-0.3, -0.25) is 19.4 Å². The number of aromatic nitrogens is 3. The Kier molecular flexibility index (Phi) is 8.89. The van der Waals surface area contributed by atoms with Crippen LogP contribution in [-0.4, -0.2) is 40.3 Å². The average Bonchev–Trinajstić information content (AvgIpc) is 2.72. The summed E-state index contributed by atoms with van der Waals surface area (Å²) in [6, 6.07) is 1.65. The number of aromatic amines is 1. The number of halogens is 2. The molecule has 1 amide bonds. The van der Waals surface area contributed by atoms with Crippen LogP contribution in [0.5, 0.6) is 0 Å². The van der Waals surface area contributed by atoms with Crippen LogP contribution >= 0.6 is 24.8 Å². The topological polar surface area (TPSA) is 91.8 Å². The number of rotatable bonds is 6. The molecule has 9 heteroatoms. The third kappa shape index (κ3) is 4.95. The van der Waals surface area contributed by atoms with Gasteiger partial charge in [0.25, 0.3) is 11.5 Å². The number of pyridine rings is 1. The van der Waals surface area contributed by atoms with Crippen LogP contribution in [-0.2, 0) is 7.05 Å². The highest BCUT2D eigenvalue weighted by atomic mass is 35.5. The molecule has 130 valence electrons. The van der Waals surface area contributed by atoms with E-state index in [1.807, 2.05) is 0 Å². The van der Waals surface area contributed by atoms with Gasteiger partial charge in [-0.1, -0.05) is 6.92 Å². The molecule has 2 heterocycles. The third-order valence-corrected chi connectivity index (χ3v) is 3.20. The lowest BCUT2D eigenvalue weighted by Crippen LogP contribution is -2.32. The molecule has 0 fully saturated rings. The second kappa shape index (κ2) is 9.54. The first kappa shape index (κ1) is 21.4. The molecule has 2 aromatic rings. The highest BCUT2D eigenvalue weighted by Gasteiger charge is 2.17. The second-order valence-corrected chi connectivity index (χ2v) is 5.02. The molecule has 3 N–H and O–H groups in total. The predicted octanol–water partition coefficient (Wildman–Crippen LogP) is 1.14. The van der Waals surface area contributed by atoms with Gasteiger partial charge in [0.1, 0.15) is 0 Å². The number of amides is 1. The van der Waals surface area contributed by atoms with Crippen molar-refractivity contribution >= 4 is 41.8 Å². The predicted molar refractivity (Wildman–Crippen MR) is 96.1 cm³/mol. The monoisotopic (exact) mass is 363 g/mol. The zero-order valence-corrected chi connectivity index (χ0v) is 15.1. The van der Waals surface area contributed by atoms with Crippen molar-refractivity contribution < 1.29 is 4.79 Å². The van der Waals surface area contributed by atoms with Gasteiger partial charge in [-0.15, -0.1) is 24.8 Å². The molecule has 0 saturated carbocycles. The molecule has 0 aliphatic heterocycles. The van der Waals surface area contributed by atoms with Crippen LogP contribution in [0, 0.1) is 6.92 Å². The van der Waals surface area contributed by atoms with Crippen molar-refractivity contribution in [1.29, 1.82) is 0 Å². The van der Waals surface area contributed by atoms with E-state index in [1.54, 1.807) is 20.0 Å². The number of carbonyl (C=O) groups excluding carboxylic acids is 1. The van der Waals surface area contributed by atoms with Crippen LogP contribution < -0.4 is 16.2 Å². The van der Waals surface area contributed by atoms with E-state index < -0.39 is 0 Å². The Morgan fingerprint density at radius 2 is 2.00 bits per heavy atom. The van der Waals surface area contributed by atoms with E-state index in [4.69, 9.17) is 0 Å². The van der Waals surface area contributed by atoms with E-state index >= 15 is 0 Å². The molecule has 0 radical (unpaired) electrons. The van der Waals surface area contributed by atoms with Gasteiger partial charge < -0.3 is 10.6 Å². The molecule has 0 aromatic carbocycles. The first-order chi connectivity index (χ1) is 10.0. The van der Waals surface area contributed by atoms with Crippen LogP contribution in [0.1, 0.15) is 29.4 Å². The van der Waals surface area contributed by atoms with Crippen molar-refractivity contribution in [3.05, 3.63) is 27.7 Å². The molecule has 0 aliphatic rings. The summed E-state index contributed by atoms with van der Waals surface area (Å²) in [6.45, 7) is 6.04. The molecule has 7 nitrogen and oxygen atoms in total. The Hall–Kier alpha value is -1.57. The maximum Gasteiger partial charge on any atom is 0.274 e. The molecule has 2 rings (SSSR count). The highest BCUT2D eigenvalue weighted by Crippen LogP contribution is 2.14. The number of hydrogen-bond donors (Lipinski definition) is 3. The summed E-state index contributed by atoms with van der Waals surface area (Å²) in [5.41, 5.74) is 1.27. The largest absolute Gasteiger partial charge is 0.351 e. The maximum absolute atomic E-state index is 12.3. The van der Waals surface area contributed by atoms with Gasteiger partial charge >= 0.3 is 0 Å². The third-order valence-electron chi connectivity index (χ3n) is 3.20. The quantitative estimate of drug-likeness (QED) is 0.671. The number of nitrogens with zero attached hydrogens (tertiary/aromatic N) is 2. The minimum atomic E-state index is -0.297. The summed E-state index contributed by atoms with van der Waals surface area (Å²) in [4.78, 5) is 28.5. The molecule has 0 spiro atoms. The van der Waals surface area contributed by atoms with Crippen molar-refractivity contribution in [2.45, 2.75) is 20.3 Å². The lowest BCUT2D eigenvalue weighted by Gasteiger charge is -2.07. The number of H-pyrrole nitrogens is 1. The average molecular weight is 364 g/mol. The second-order valence-electron chi connectivity index (χ2n) is 5.02. The normalized spacial score (nSPS) is 10.0. The van der Waals surface area contributed by atoms with Gasteiger partial charge in [-0.2, -0.15) is 0 Å².